The maximum absolute atomic E-state index is 5.42. The molecule has 5 aromatic carbocycles. The predicted octanol–water partition coefficient (Wildman–Crippen LogP) is 8.78. The molecule has 0 spiro atoms. The van der Waals surface area contributed by atoms with Crippen molar-refractivity contribution >= 4 is 45.5 Å². The molecule has 0 atom stereocenters. The molecule has 0 heterocycles. The van der Waals surface area contributed by atoms with Gasteiger partial charge in [-0.2, -0.15) is 0 Å². The molecule has 0 unspecified atom stereocenters. The first kappa shape index (κ1) is 28.4. The van der Waals surface area contributed by atoms with Gasteiger partial charge in [0.25, 0.3) is 0 Å². The Balaban J connectivity index is 1.56. The Kier molecular flexibility index (Phi) is 8.53. The second-order valence-electron chi connectivity index (χ2n) is 10.4. The van der Waals surface area contributed by atoms with E-state index in [4.69, 9.17) is 9.47 Å². The van der Waals surface area contributed by atoms with Gasteiger partial charge in [-0.1, -0.05) is 0 Å². The monoisotopic (exact) mass is 558 g/mol. The molecule has 5 rings (SSSR count). The molecule has 0 fully saturated rings. The van der Waals surface area contributed by atoms with E-state index in [1.54, 1.807) is 14.2 Å². The topological polar surface area (TPSA) is 31.4 Å². The number of hydrogen-bond acceptors (Lipinski definition) is 6. The van der Waals surface area contributed by atoms with Crippen molar-refractivity contribution in [1.82, 2.24) is 0 Å². The third-order valence-electron chi connectivity index (χ3n) is 7.28. The van der Waals surface area contributed by atoms with Crippen molar-refractivity contribution in [3.8, 4) is 11.5 Å². The van der Waals surface area contributed by atoms with E-state index in [2.05, 4.69) is 145 Å². The third-order valence-corrected chi connectivity index (χ3v) is 7.28. The fourth-order valence-corrected chi connectivity index (χ4v) is 4.91. The van der Waals surface area contributed by atoms with Crippen LogP contribution in [-0.2, 0) is 0 Å². The fourth-order valence-electron chi connectivity index (χ4n) is 4.91. The highest BCUT2D eigenvalue weighted by Crippen LogP contribution is 2.40. The Morgan fingerprint density at radius 1 is 0.310 bits per heavy atom. The van der Waals surface area contributed by atoms with Crippen LogP contribution in [0.3, 0.4) is 0 Å². The van der Waals surface area contributed by atoms with Crippen LogP contribution in [-0.4, -0.2) is 42.4 Å². The lowest BCUT2D eigenvalue weighted by molar-refractivity contribution is 0.414. The van der Waals surface area contributed by atoms with Crippen LogP contribution in [0, 0.1) is 0 Å². The molecule has 0 amide bonds. The highest BCUT2D eigenvalue weighted by Gasteiger charge is 2.17. The molecule has 42 heavy (non-hydrogen) atoms. The number of ether oxygens (including phenoxy) is 2. The van der Waals surface area contributed by atoms with Crippen LogP contribution in [0.25, 0.3) is 0 Å². The Labute approximate surface area is 249 Å². The maximum Gasteiger partial charge on any atom is 0.119 e. The lowest BCUT2D eigenvalue weighted by Gasteiger charge is -2.29. The average molecular weight is 559 g/mol. The van der Waals surface area contributed by atoms with Crippen LogP contribution in [0.4, 0.5) is 45.5 Å². The van der Waals surface area contributed by atoms with E-state index < -0.39 is 0 Å². The summed E-state index contributed by atoms with van der Waals surface area (Å²) in [5, 5.41) is 0. The van der Waals surface area contributed by atoms with Crippen LogP contribution in [0.2, 0.25) is 0 Å². The minimum atomic E-state index is 0.826. The van der Waals surface area contributed by atoms with Crippen molar-refractivity contribution in [3.05, 3.63) is 121 Å². The molecule has 6 heteroatoms. The summed E-state index contributed by atoms with van der Waals surface area (Å²) in [6.07, 6.45) is 0. The lowest BCUT2D eigenvalue weighted by Crippen LogP contribution is -2.13. The van der Waals surface area contributed by atoms with Crippen molar-refractivity contribution in [2.24, 2.45) is 0 Å². The molecular weight excluding hydrogens is 520 g/mol. The summed E-state index contributed by atoms with van der Waals surface area (Å²) >= 11 is 0. The van der Waals surface area contributed by atoms with Gasteiger partial charge in [0.2, 0.25) is 0 Å². The summed E-state index contributed by atoms with van der Waals surface area (Å²) in [6, 6.07) is 42.2. The van der Waals surface area contributed by atoms with E-state index in [0.717, 1.165) is 57.0 Å². The molecule has 0 bridgehead atoms. The van der Waals surface area contributed by atoms with Crippen LogP contribution in [0.5, 0.6) is 11.5 Å². The number of methoxy groups -OCH3 is 2. The molecule has 6 nitrogen and oxygen atoms in total. The Hall–Kier alpha value is -5.10. The molecule has 0 aliphatic carbocycles. The molecule has 5 aromatic rings. The number of anilines is 8. The van der Waals surface area contributed by atoms with Crippen molar-refractivity contribution in [2.45, 2.75) is 0 Å². The first-order valence-electron chi connectivity index (χ1n) is 13.9. The quantitative estimate of drug-likeness (QED) is 0.170. The first-order valence-corrected chi connectivity index (χ1v) is 13.9. The first-order chi connectivity index (χ1) is 20.4. The highest BCUT2D eigenvalue weighted by atomic mass is 16.5. The van der Waals surface area contributed by atoms with Gasteiger partial charge in [0.1, 0.15) is 11.5 Å². The van der Waals surface area contributed by atoms with Gasteiger partial charge in [0.15, 0.2) is 0 Å². The van der Waals surface area contributed by atoms with E-state index in [1.165, 1.54) is 0 Å². The van der Waals surface area contributed by atoms with Crippen molar-refractivity contribution in [3.63, 3.8) is 0 Å². The molecule has 0 aromatic heterocycles. The summed E-state index contributed by atoms with van der Waals surface area (Å²) in [7, 11) is 11.6. The summed E-state index contributed by atoms with van der Waals surface area (Å²) in [5.74, 6) is 1.65. The molecule has 0 radical (unpaired) electrons. The number of nitrogens with zero attached hydrogens (tertiary/aromatic N) is 4. The lowest BCUT2D eigenvalue weighted by atomic mass is 10.1. The molecule has 0 saturated carbocycles. The zero-order chi connectivity index (χ0) is 29.6. The minimum Gasteiger partial charge on any atom is -0.497 e. The van der Waals surface area contributed by atoms with Crippen LogP contribution < -0.4 is 29.1 Å². The van der Waals surface area contributed by atoms with Gasteiger partial charge >= 0.3 is 0 Å². The van der Waals surface area contributed by atoms with Gasteiger partial charge in [-0.3, -0.25) is 0 Å². The zero-order valence-corrected chi connectivity index (χ0v) is 25.2. The van der Waals surface area contributed by atoms with Gasteiger partial charge in [0.05, 0.1) is 14.2 Å². The van der Waals surface area contributed by atoms with E-state index >= 15 is 0 Å². The average Bonchev–Trinajstić information content (AvgIpc) is 3.03. The van der Waals surface area contributed by atoms with E-state index in [0.29, 0.717) is 0 Å². The largest absolute Gasteiger partial charge is 0.497 e. The second kappa shape index (κ2) is 12.6. The number of hydrogen-bond donors (Lipinski definition) is 0. The zero-order valence-electron chi connectivity index (χ0n) is 25.2. The molecule has 0 saturated heterocycles. The Bertz CT molecular complexity index is 1440. The SMILES string of the molecule is COc1ccc(N(c2ccc(N(C)C)cc2)c2ccc(N(c3ccc(OC)cc3)c3ccc(N(C)C)cc3)cc2)cc1. The van der Waals surface area contributed by atoms with Gasteiger partial charge in [-0.05, 0) is 121 Å². The minimum absolute atomic E-state index is 0.826. The van der Waals surface area contributed by atoms with Gasteiger partial charge in [-0.15, -0.1) is 0 Å². The normalized spacial score (nSPS) is 10.6. The Morgan fingerprint density at radius 2 is 0.500 bits per heavy atom. The van der Waals surface area contributed by atoms with Gasteiger partial charge in [-0.25, -0.2) is 0 Å². The third kappa shape index (κ3) is 6.13. The predicted molar refractivity (Wildman–Crippen MR) is 178 cm³/mol. The van der Waals surface area contributed by atoms with Gasteiger partial charge < -0.3 is 29.1 Å². The summed E-state index contributed by atoms with van der Waals surface area (Å²) < 4.78 is 10.8. The van der Waals surface area contributed by atoms with Crippen LogP contribution >= 0.6 is 0 Å². The van der Waals surface area contributed by atoms with Crippen molar-refractivity contribution < 1.29 is 9.47 Å². The van der Waals surface area contributed by atoms with E-state index in [9.17, 15) is 0 Å². The maximum atomic E-state index is 5.42. The molecule has 0 aliphatic rings. The molecular formula is C36H38N4O2. The fraction of sp³-hybridized carbons (Fsp3) is 0.167. The van der Waals surface area contributed by atoms with Crippen molar-refractivity contribution in [2.75, 3.05) is 62.0 Å². The molecule has 0 N–H and O–H groups in total. The van der Waals surface area contributed by atoms with Gasteiger partial charge in [0, 0.05) is 73.7 Å². The molecule has 0 aliphatic heterocycles. The highest BCUT2D eigenvalue weighted by molar-refractivity contribution is 5.82. The summed E-state index contributed by atoms with van der Waals surface area (Å²) in [5.41, 5.74) is 8.66. The number of rotatable bonds is 10. The second-order valence-corrected chi connectivity index (χ2v) is 10.4. The smallest absolute Gasteiger partial charge is 0.119 e. The molecule has 214 valence electrons. The van der Waals surface area contributed by atoms with E-state index in [1.807, 2.05) is 24.3 Å². The van der Waals surface area contributed by atoms with E-state index in [-0.39, 0.29) is 0 Å². The summed E-state index contributed by atoms with van der Waals surface area (Å²) in [6.45, 7) is 0. The number of benzene rings is 5. The summed E-state index contributed by atoms with van der Waals surface area (Å²) in [4.78, 5) is 8.72. The van der Waals surface area contributed by atoms with Crippen molar-refractivity contribution in [1.29, 1.82) is 0 Å². The van der Waals surface area contributed by atoms with Crippen LogP contribution in [0.1, 0.15) is 0 Å². The standard InChI is InChI=1S/C36H38N4O2/c1-37(2)27-7-11-29(12-8-27)39(33-19-23-35(41-5)24-20-33)31-15-17-32(18-16-31)40(34-21-25-36(42-6)26-22-34)30-13-9-28(10-14-30)38(3)4/h7-26H,1-6H3. The Morgan fingerprint density at radius 3 is 0.690 bits per heavy atom. The van der Waals surface area contributed by atoms with Crippen LogP contribution in [0.15, 0.2) is 121 Å².